The Morgan fingerprint density at radius 1 is 1.18 bits per heavy atom. The van der Waals surface area contributed by atoms with Crippen LogP contribution in [0.2, 0.25) is 0 Å². The predicted molar refractivity (Wildman–Crippen MR) is 72.7 cm³/mol. The maximum absolute atomic E-state index is 5.97. The van der Waals surface area contributed by atoms with E-state index in [2.05, 4.69) is 16.5 Å². The zero-order chi connectivity index (χ0) is 11.7. The molecular formula is C13H24N2OS. The maximum atomic E-state index is 5.97. The van der Waals surface area contributed by atoms with Crippen molar-refractivity contribution in [1.82, 2.24) is 10.2 Å². The van der Waals surface area contributed by atoms with Crippen molar-refractivity contribution >= 4 is 11.8 Å². The van der Waals surface area contributed by atoms with Gasteiger partial charge in [0.2, 0.25) is 0 Å². The first kappa shape index (κ1) is 12.3. The van der Waals surface area contributed by atoms with Crippen LogP contribution in [-0.2, 0) is 4.74 Å². The van der Waals surface area contributed by atoms with Crippen molar-refractivity contribution in [3.05, 3.63) is 0 Å². The first-order valence-corrected chi connectivity index (χ1v) is 8.30. The average Bonchev–Trinajstić information content (AvgIpc) is 2.86. The quantitative estimate of drug-likeness (QED) is 0.806. The number of hydrogen-bond donors (Lipinski definition) is 1. The van der Waals surface area contributed by atoms with Gasteiger partial charge in [0.05, 0.1) is 12.7 Å². The Labute approximate surface area is 109 Å². The molecule has 2 heterocycles. The van der Waals surface area contributed by atoms with Gasteiger partial charge in [-0.15, -0.1) is 0 Å². The molecule has 1 saturated carbocycles. The summed E-state index contributed by atoms with van der Waals surface area (Å²) in [5.41, 5.74) is 0. The summed E-state index contributed by atoms with van der Waals surface area (Å²) in [5, 5.41) is 4.34. The molecule has 3 rings (SSSR count). The number of rotatable bonds is 2. The van der Waals surface area contributed by atoms with Gasteiger partial charge in [0.15, 0.2) is 0 Å². The van der Waals surface area contributed by atoms with Crippen LogP contribution in [0.1, 0.15) is 25.7 Å². The standard InChI is InChI=1S/C13H24N2OS/c1-17-13-9-14-8-11(13)15-6-7-16-12-5-3-2-4-10(12)15/h10-14H,2-9H2,1H3. The molecule has 2 saturated heterocycles. The number of morpholine rings is 1. The highest BCUT2D eigenvalue weighted by molar-refractivity contribution is 7.99. The van der Waals surface area contributed by atoms with E-state index in [0.717, 1.165) is 24.4 Å². The zero-order valence-electron chi connectivity index (χ0n) is 10.7. The summed E-state index contributed by atoms with van der Waals surface area (Å²) < 4.78 is 5.97. The summed E-state index contributed by atoms with van der Waals surface area (Å²) in [6.45, 7) is 4.44. The van der Waals surface area contributed by atoms with Gasteiger partial charge in [-0.05, 0) is 19.1 Å². The summed E-state index contributed by atoms with van der Waals surface area (Å²) in [5.74, 6) is 0. The monoisotopic (exact) mass is 256 g/mol. The lowest BCUT2D eigenvalue weighted by Gasteiger charge is -2.47. The Kier molecular flexibility index (Phi) is 3.95. The minimum atomic E-state index is 0.528. The minimum Gasteiger partial charge on any atom is -0.375 e. The molecule has 0 aromatic heterocycles. The highest BCUT2D eigenvalue weighted by atomic mass is 32.2. The normalized spacial score (nSPS) is 43.6. The largest absolute Gasteiger partial charge is 0.375 e. The van der Waals surface area contributed by atoms with Gasteiger partial charge in [-0.3, -0.25) is 4.90 Å². The van der Waals surface area contributed by atoms with Crippen LogP contribution >= 0.6 is 11.8 Å². The molecule has 3 fully saturated rings. The summed E-state index contributed by atoms with van der Waals surface area (Å²) in [4.78, 5) is 2.77. The van der Waals surface area contributed by atoms with Crippen LogP contribution in [0, 0.1) is 0 Å². The number of nitrogens with zero attached hydrogens (tertiary/aromatic N) is 1. The second kappa shape index (κ2) is 5.47. The topological polar surface area (TPSA) is 24.5 Å². The average molecular weight is 256 g/mol. The van der Waals surface area contributed by atoms with Crippen LogP contribution in [-0.4, -0.2) is 60.8 Å². The second-order valence-electron chi connectivity index (χ2n) is 5.50. The van der Waals surface area contributed by atoms with E-state index in [1.165, 1.54) is 38.8 Å². The molecule has 1 aliphatic carbocycles. The fraction of sp³-hybridized carbons (Fsp3) is 1.00. The summed E-state index contributed by atoms with van der Waals surface area (Å²) in [6, 6.07) is 1.44. The van der Waals surface area contributed by atoms with E-state index in [-0.39, 0.29) is 0 Å². The predicted octanol–water partition coefficient (Wildman–Crippen LogP) is 1.33. The van der Waals surface area contributed by atoms with Gasteiger partial charge < -0.3 is 10.1 Å². The molecule has 3 nitrogen and oxygen atoms in total. The molecule has 1 N–H and O–H groups in total. The van der Waals surface area contributed by atoms with E-state index in [9.17, 15) is 0 Å². The van der Waals surface area contributed by atoms with E-state index in [1.54, 1.807) is 0 Å². The molecule has 4 heteroatoms. The van der Waals surface area contributed by atoms with Gasteiger partial charge in [-0.2, -0.15) is 11.8 Å². The van der Waals surface area contributed by atoms with Crippen LogP contribution < -0.4 is 5.32 Å². The number of thioether (sulfide) groups is 1. The van der Waals surface area contributed by atoms with Crippen molar-refractivity contribution in [2.75, 3.05) is 32.5 Å². The first-order valence-electron chi connectivity index (χ1n) is 7.01. The van der Waals surface area contributed by atoms with Crippen LogP contribution in [0.5, 0.6) is 0 Å². The molecule has 3 aliphatic rings. The van der Waals surface area contributed by atoms with E-state index >= 15 is 0 Å². The SMILES string of the molecule is CSC1CNCC1N1CCOC2CCCCC21. The molecule has 4 unspecified atom stereocenters. The van der Waals surface area contributed by atoms with E-state index in [0.29, 0.717) is 12.1 Å². The second-order valence-corrected chi connectivity index (χ2v) is 6.58. The van der Waals surface area contributed by atoms with Crippen molar-refractivity contribution in [3.63, 3.8) is 0 Å². The lowest BCUT2D eigenvalue weighted by atomic mass is 9.89. The lowest BCUT2D eigenvalue weighted by molar-refractivity contribution is -0.0992. The van der Waals surface area contributed by atoms with Crippen LogP contribution in [0.4, 0.5) is 0 Å². The fourth-order valence-corrected chi connectivity index (χ4v) is 4.60. The molecule has 0 bridgehead atoms. The van der Waals surface area contributed by atoms with Gasteiger partial charge >= 0.3 is 0 Å². The third kappa shape index (κ3) is 2.37. The van der Waals surface area contributed by atoms with E-state index < -0.39 is 0 Å². The highest BCUT2D eigenvalue weighted by Gasteiger charge is 2.41. The lowest BCUT2D eigenvalue weighted by Crippen LogP contribution is -2.58. The molecule has 0 radical (unpaired) electrons. The minimum absolute atomic E-state index is 0.528. The molecular weight excluding hydrogens is 232 g/mol. The molecule has 98 valence electrons. The molecule has 0 aromatic rings. The first-order chi connectivity index (χ1) is 8.40. The maximum Gasteiger partial charge on any atom is 0.0731 e. The van der Waals surface area contributed by atoms with Gasteiger partial charge in [-0.1, -0.05) is 12.8 Å². The number of hydrogen-bond acceptors (Lipinski definition) is 4. The fourth-order valence-electron chi connectivity index (χ4n) is 3.75. The highest BCUT2D eigenvalue weighted by Crippen LogP contribution is 2.32. The Bertz CT molecular complexity index is 260. The number of fused-ring (bicyclic) bond motifs is 1. The Morgan fingerprint density at radius 2 is 2.06 bits per heavy atom. The van der Waals surface area contributed by atoms with Gasteiger partial charge in [0.25, 0.3) is 0 Å². The Balaban J connectivity index is 1.72. The molecule has 17 heavy (non-hydrogen) atoms. The third-order valence-corrected chi connectivity index (χ3v) is 5.72. The summed E-state index contributed by atoms with van der Waals surface area (Å²) in [6.07, 6.45) is 8.17. The number of ether oxygens (including phenoxy) is 1. The Hall–Kier alpha value is 0.230. The van der Waals surface area contributed by atoms with Crippen molar-refractivity contribution in [2.24, 2.45) is 0 Å². The van der Waals surface area contributed by atoms with Gasteiger partial charge in [0, 0.05) is 37.0 Å². The zero-order valence-corrected chi connectivity index (χ0v) is 11.5. The van der Waals surface area contributed by atoms with Gasteiger partial charge in [-0.25, -0.2) is 0 Å². The summed E-state index contributed by atoms with van der Waals surface area (Å²) in [7, 11) is 0. The summed E-state index contributed by atoms with van der Waals surface area (Å²) >= 11 is 2.03. The van der Waals surface area contributed by atoms with Crippen molar-refractivity contribution in [1.29, 1.82) is 0 Å². The van der Waals surface area contributed by atoms with Crippen molar-refractivity contribution in [3.8, 4) is 0 Å². The molecule has 0 aromatic carbocycles. The van der Waals surface area contributed by atoms with Crippen LogP contribution in [0.3, 0.4) is 0 Å². The van der Waals surface area contributed by atoms with E-state index in [1.807, 2.05) is 11.8 Å². The van der Waals surface area contributed by atoms with Crippen LogP contribution in [0.15, 0.2) is 0 Å². The van der Waals surface area contributed by atoms with Crippen LogP contribution in [0.25, 0.3) is 0 Å². The van der Waals surface area contributed by atoms with Gasteiger partial charge in [0.1, 0.15) is 0 Å². The molecule has 2 aliphatic heterocycles. The smallest absolute Gasteiger partial charge is 0.0731 e. The van der Waals surface area contributed by atoms with Crippen molar-refractivity contribution < 1.29 is 4.74 Å². The Morgan fingerprint density at radius 3 is 2.94 bits per heavy atom. The number of nitrogens with one attached hydrogen (secondary N) is 1. The van der Waals surface area contributed by atoms with E-state index in [4.69, 9.17) is 4.74 Å². The molecule has 0 amide bonds. The molecule has 0 spiro atoms. The third-order valence-electron chi connectivity index (χ3n) is 4.63. The van der Waals surface area contributed by atoms with Crippen molar-refractivity contribution in [2.45, 2.75) is 49.1 Å². The molecule has 4 atom stereocenters.